The van der Waals surface area contributed by atoms with E-state index in [0.717, 1.165) is 5.69 Å². The molecule has 0 unspecified atom stereocenters. The van der Waals surface area contributed by atoms with Crippen LogP contribution in [0.5, 0.6) is 5.75 Å². The van der Waals surface area contributed by atoms with Crippen molar-refractivity contribution in [2.24, 2.45) is 5.10 Å². The van der Waals surface area contributed by atoms with Crippen LogP contribution in [0, 0.1) is 5.82 Å². The lowest BCUT2D eigenvalue weighted by Gasteiger charge is -2.04. The monoisotopic (exact) mass is 258 g/mol. The number of rotatable bonds is 5. The normalized spacial score (nSPS) is 10.6. The highest BCUT2D eigenvalue weighted by atomic mass is 19.1. The van der Waals surface area contributed by atoms with Crippen LogP contribution in [0.3, 0.4) is 0 Å². The standard InChI is InChI=1S/C15H15FN2O/c1-2-19-15-9-12(8-13(16)10-15)11-17-18-14-6-4-3-5-7-14/h3-11,18H,2H2,1H3. The first kappa shape index (κ1) is 13.1. The number of halogens is 1. The van der Waals surface area contributed by atoms with E-state index in [-0.39, 0.29) is 5.82 Å². The van der Waals surface area contributed by atoms with Crippen molar-refractivity contribution < 1.29 is 9.13 Å². The fraction of sp³-hybridized carbons (Fsp3) is 0.133. The minimum Gasteiger partial charge on any atom is -0.494 e. The van der Waals surface area contributed by atoms with E-state index in [2.05, 4.69) is 10.5 Å². The van der Waals surface area contributed by atoms with Crippen LogP contribution >= 0.6 is 0 Å². The van der Waals surface area contributed by atoms with Gasteiger partial charge in [-0.1, -0.05) is 18.2 Å². The minimum atomic E-state index is -0.341. The van der Waals surface area contributed by atoms with Crippen molar-refractivity contribution in [1.29, 1.82) is 0 Å². The summed E-state index contributed by atoms with van der Waals surface area (Å²) in [6.07, 6.45) is 1.55. The first-order chi connectivity index (χ1) is 9.28. The van der Waals surface area contributed by atoms with Crippen molar-refractivity contribution in [3.63, 3.8) is 0 Å². The largest absolute Gasteiger partial charge is 0.494 e. The number of hydrogen-bond donors (Lipinski definition) is 1. The number of hydrogen-bond acceptors (Lipinski definition) is 3. The van der Waals surface area contributed by atoms with Gasteiger partial charge in [-0.05, 0) is 31.2 Å². The van der Waals surface area contributed by atoms with E-state index in [1.54, 1.807) is 12.3 Å². The molecule has 0 spiro atoms. The van der Waals surface area contributed by atoms with Crippen molar-refractivity contribution in [2.45, 2.75) is 6.92 Å². The van der Waals surface area contributed by atoms with Gasteiger partial charge in [-0.2, -0.15) is 5.10 Å². The Balaban J connectivity index is 2.06. The van der Waals surface area contributed by atoms with Gasteiger partial charge in [0.05, 0.1) is 18.5 Å². The van der Waals surface area contributed by atoms with Crippen molar-refractivity contribution in [2.75, 3.05) is 12.0 Å². The Labute approximate surface area is 111 Å². The van der Waals surface area contributed by atoms with Gasteiger partial charge in [0, 0.05) is 11.6 Å². The number of anilines is 1. The van der Waals surface area contributed by atoms with Crippen molar-refractivity contribution in [3.05, 3.63) is 59.9 Å². The fourth-order valence-electron chi connectivity index (χ4n) is 1.60. The third-order valence-electron chi connectivity index (χ3n) is 2.39. The van der Waals surface area contributed by atoms with E-state index in [4.69, 9.17) is 4.74 Å². The lowest BCUT2D eigenvalue weighted by Crippen LogP contribution is -1.95. The smallest absolute Gasteiger partial charge is 0.127 e. The Morgan fingerprint density at radius 1 is 1.21 bits per heavy atom. The molecule has 1 N–H and O–H groups in total. The molecule has 0 aromatic heterocycles. The summed E-state index contributed by atoms with van der Waals surface area (Å²) in [4.78, 5) is 0. The minimum absolute atomic E-state index is 0.341. The van der Waals surface area contributed by atoms with E-state index in [9.17, 15) is 4.39 Å². The Morgan fingerprint density at radius 2 is 2.00 bits per heavy atom. The molecule has 0 saturated carbocycles. The van der Waals surface area contributed by atoms with Gasteiger partial charge in [0.1, 0.15) is 11.6 Å². The average molecular weight is 258 g/mol. The molecule has 2 aromatic rings. The molecule has 0 fully saturated rings. The summed E-state index contributed by atoms with van der Waals surface area (Å²) >= 11 is 0. The molecule has 3 nitrogen and oxygen atoms in total. The average Bonchev–Trinajstić information content (AvgIpc) is 2.40. The third-order valence-corrected chi connectivity index (χ3v) is 2.39. The van der Waals surface area contributed by atoms with Crippen LogP contribution in [-0.2, 0) is 0 Å². The lowest BCUT2D eigenvalue weighted by molar-refractivity contribution is 0.338. The molecular formula is C15H15FN2O. The van der Waals surface area contributed by atoms with Crippen LogP contribution in [0.4, 0.5) is 10.1 Å². The van der Waals surface area contributed by atoms with E-state index in [1.165, 1.54) is 12.1 Å². The van der Waals surface area contributed by atoms with Gasteiger partial charge in [0.2, 0.25) is 0 Å². The van der Waals surface area contributed by atoms with Crippen molar-refractivity contribution in [1.82, 2.24) is 0 Å². The molecule has 98 valence electrons. The van der Waals surface area contributed by atoms with Crippen LogP contribution in [-0.4, -0.2) is 12.8 Å². The molecule has 0 radical (unpaired) electrons. The first-order valence-corrected chi connectivity index (χ1v) is 6.05. The van der Waals surface area contributed by atoms with Gasteiger partial charge >= 0.3 is 0 Å². The zero-order valence-electron chi connectivity index (χ0n) is 10.6. The predicted octanol–water partition coefficient (Wildman–Crippen LogP) is 3.67. The molecule has 0 aliphatic carbocycles. The van der Waals surface area contributed by atoms with Crippen LogP contribution in [0.2, 0.25) is 0 Å². The van der Waals surface area contributed by atoms with E-state index in [1.807, 2.05) is 37.3 Å². The van der Waals surface area contributed by atoms with Crippen LogP contribution in [0.25, 0.3) is 0 Å². The zero-order chi connectivity index (χ0) is 13.5. The molecular weight excluding hydrogens is 243 g/mol. The van der Waals surface area contributed by atoms with Gasteiger partial charge < -0.3 is 4.74 Å². The molecule has 0 aliphatic heterocycles. The second-order valence-corrected chi connectivity index (χ2v) is 3.89. The summed E-state index contributed by atoms with van der Waals surface area (Å²) in [6.45, 7) is 2.36. The van der Waals surface area contributed by atoms with Crippen LogP contribution in [0.15, 0.2) is 53.6 Å². The first-order valence-electron chi connectivity index (χ1n) is 6.05. The summed E-state index contributed by atoms with van der Waals surface area (Å²) in [6, 6.07) is 14.0. The molecule has 0 atom stereocenters. The SMILES string of the molecule is CCOc1cc(F)cc(C=NNc2ccccc2)c1. The maximum atomic E-state index is 13.3. The van der Waals surface area contributed by atoms with Gasteiger partial charge in [0.15, 0.2) is 0 Å². The number of benzene rings is 2. The van der Waals surface area contributed by atoms with Crippen molar-refractivity contribution >= 4 is 11.9 Å². The second-order valence-electron chi connectivity index (χ2n) is 3.89. The molecule has 2 rings (SSSR count). The van der Waals surface area contributed by atoms with Gasteiger partial charge in [0.25, 0.3) is 0 Å². The Bertz CT molecular complexity index is 555. The molecule has 4 heteroatoms. The Kier molecular flexibility index (Phi) is 4.50. The molecule has 0 saturated heterocycles. The van der Waals surface area contributed by atoms with E-state index in [0.29, 0.717) is 17.9 Å². The maximum absolute atomic E-state index is 13.3. The second kappa shape index (κ2) is 6.54. The number of ether oxygens (including phenoxy) is 1. The molecule has 0 amide bonds. The highest BCUT2D eigenvalue weighted by Gasteiger charge is 1.99. The zero-order valence-corrected chi connectivity index (χ0v) is 10.6. The van der Waals surface area contributed by atoms with E-state index >= 15 is 0 Å². The van der Waals surface area contributed by atoms with E-state index < -0.39 is 0 Å². The number of nitrogens with one attached hydrogen (secondary N) is 1. The summed E-state index contributed by atoms with van der Waals surface area (Å²) < 4.78 is 18.6. The summed E-state index contributed by atoms with van der Waals surface area (Å²) in [7, 11) is 0. The topological polar surface area (TPSA) is 33.6 Å². The summed E-state index contributed by atoms with van der Waals surface area (Å²) in [5, 5.41) is 4.06. The lowest BCUT2D eigenvalue weighted by atomic mass is 10.2. The van der Waals surface area contributed by atoms with Crippen LogP contribution in [0.1, 0.15) is 12.5 Å². The third kappa shape index (κ3) is 4.10. The highest BCUT2D eigenvalue weighted by Crippen LogP contribution is 2.15. The summed E-state index contributed by atoms with van der Waals surface area (Å²) in [5.41, 5.74) is 4.39. The molecule has 0 bridgehead atoms. The Morgan fingerprint density at radius 3 is 2.74 bits per heavy atom. The fourth-order valence-corrected chi connectivity index (χ4v) is 1.60. The number of para-hydroxylation sites is 1. The number of nitrogens with zero attached hydrogens (tertiary/aromatic N) is 1. The molecule has 0 heterocycles. The van der Waals surface area contributed by atoms with Crippen molar-refractivity contribution in [3.8, 4) is 5.75 Å². The number of hydrazone groups is 1. The van der Waals surface area contributed by atoms with Crippen LogP contribution < -0.4 is 10.2 Å². The quantitative estimate of drug-likeness (QED) is 0.655. The highest BCUT2D eigenvalue weighted by molar-refractivity contribution is 5.80. The maximum Gasteiger partial charge on any atom is 0.127 e. The van der Waals surface area contributed by atoms with Gasteiger partial charge in [-0.25, -0.2) is 4.39 Å². The summed E-state index contributed by atoms with van der Waals surface area (Å²) in [5.74, 6) is 0.163. The predicted molar refractivity (Wildman–Crippen MR) is 75.2 cm³/mol. The Hall–Kier alpha value is -2.36. The molecule has 0 aliphatic rings. The van der Waals surface area contributed by atoms with Gasteiger partial charge in [-0.3, -0.25) is 5.43 Å². The van der Waals surface area contributed by atoms with Gasteiger partial charge in [-0.15, -0.1) is 0 Å². The molecule has 19 heavy (non-hydrogen) atoms. The molecule has 2 aromatic carbocycles.